The molecule has 2 N–H and O–H groups in total. The van der Waals surface area contributed by atoms with E-state index in [4.69, 9.17) is 4.74 Å². The molecule has 0 saturated carbocycles. The van der Waals surface area contributed by atoms with Gasteiger partial charge in [-0.25, -0.2) is 9.78 Å². The summed E-state index contributed by atoms with van der Waals surface area (Å²) in [4.78, 5) is 21.2. The summed E-state index contributed by atoms with van der Waals surface area (Å²) >= 11 is 1.37. The Hall–Kier alpha value is -1.63. The third-order valence-electron chi connectivity index (χ3n) is 3.54. The summed E-state index contributed by atoms with van der Waals surface area (Å²) in [7, 11) is 1.76. The zero-order valence-corrected chi connectivity index (χ0v) is 16.3. The molecule has 1 rings (SSSR count). The van der Waals surface area contributed by atoms with Gasteiger partial charge in [0.15, 0.2) is 5.96 Å². The lowest BCUT2D eigenvalue weighted by atomic mass is 10.2. The number of aryl methyl sites for hydroxylation is 1. The van der Waals surface area contributed by atoms with E-state index < -0.39 is 0 Å². The van der Waals surface area contributed by atoms with E-state index in [-0.39, 0.29) is 12.0 Å². The van der Waals surface area contributed by atoms with Crippen LogP contribution in [0, 0.1) is 6.92 Å². The monoisotopic (exact) mass is 354 g/mol. The van der Waals surface area contributed by atoms with Gasteiger partial charge in [-0.15, -0.1) is 11.3 Å². The van der Waals surface area contributed by atoms with Crippen LogP contribution in [0.1, 0.15) is 72.9 Å². The molecule has 0 saturated heterocycles. The number of guanidine groups is 1. The summed E-state index contributed by atoms with van der Waals surface area (Å²) in [5.74, 6) is 0.453. The molecule has 0 fully saturated rings. The SMILES string of the molecule is CCCCCCNC(=NC)NC(C)c1nc(C)c(C(=O)OCC)s1. The van der Waals surface area contributed by atoms with E-state index in [0.717, 1.165) is 23.9 Å². The molecule has 1 atom stereocenters. The molecule has 0 aliphatic heterocycles. The third kappa shape index (κ3) is 6.47. The third-order valence-corrected chi connectivity index (χ3v) is 4.86. The molecular weight excluding hydrogens is 324 g/mol. The number of hydrogen-bond acceptors (Lipinski definition) is 5. The minimum absolute atomic E-state index is 0.0290. The topological polar surface area (TPSA) is 75.6 Å². The highest BCUT2D eigenvalue weighted by atomic mass is 32.1. The molecule has 0 aliphatic rings. The van der Waals surface area contributed by atoms with Crippen LogP contribution in [0.3, 0.4) is 0 Å². The first-order chi connectivity index (χ1) is 11.5. The lowest BCUT2D eigenvalue weighted by molar-refractivity contribution is 0.0531. The molecule has 0 aliphatic carbocycles. The normalized spacial score (nSPS) is 12.8. The van der Waals surface area contributed by atoms with Gasteiger partial charge < -0.3 is 15.4 Å². The molecule has 0 radical (unpaired) electrons. The second kappa shape index (κ2) is 11.0. The Bertz CT molecular complexity index is 543. The molecule has 0 bridgehead atoms. The maximum absolute atomic E-state index is 11.9. The predicted octanol–water partition coefficient (Wildman–Crippen LogP) is 3.43. The van der Waals surface area contributed by atoms with Crippen molar-refractivity contribution >= 4 is 23.3 Å². The Morgan fingerprint density at radius 1 is 1.33 bits per heavy atom. The lowest BCUT2D eigenvalue weighted by Gasteiger charge is -2.16. The van der Waals surface area contributed by atoms with Crippen LogP contribution in [0.4, 0.5) is 0 Å². The van der Waals surface area contributed by atoms with Crippen LogP contribution in [0.25, 0.3) is 0 Å². The van der Waals surface area contributed by atoms with Crippen molar-refractivity contribution in [3.8, 4) is 0 Å². The number of rotatable bonds is 9. The van der Waals surface area contributed by atoms with Crippen molar-refractivity contribution in [1.29, 1.82) is 0 Å². The first kappa shape index (κ1) is 20.4. The number of esters is 1. The lowest BCUT2D eigenvalue weighted by Crippen LogP contribution is -2.39. The highest BCUT2D eigenvalue weighted by Gasteiger charge is 2.19. The Labute approximate surface area is 149 Å². The van der Waals surface area contributed by atoms with Crippen LogP contribution < -0.4 is 10.6 Å². The van der Waals surface area contributed by atoms with Gasteiger partial charge in [-0.3, -0.25) is 4.99 Å². The molecule has 1 heterocycles. The summed E-state index contributed by atoms with van der Waals surface area (Å²) < 4.78 is 5.06. The molecule has 0 spiro atoms. The van der Waals surface area contributed by atoms with Gasteiger partial charge in [0.05, 0.1) is 18.3 Å². The van der Waals surface area contributed by atoms with Crippen molar-refractivity contribution in [2.45, 2.75) is 59.4 Å². The summed E-state index contributed by atoms with van der Waals surface area (Å²) in [5.41, 5.74) is 0.713. The average Bonchev–Trinajstić information content (AvgIpc) is 2.95. The van der Waals surface area contributed by atoms with Gasteiger partial charge in [0, 0.05) is 13.6 Å². The minimum Gasteiger partial charge on any atom is -0.462 e. The standard InChI is InChI=1S/C17H30N4O2S/c1-6-8-9-10-11-19-17(18-5)21-13(4)15-20-12(3)14(24-15)16(22)23-7-2/h13H,6-11H2,1-5H3,(H2,18,19,21). The quantitative estimate of drug-likeness (QED) is 0.307. The number of aromatic nitrogens is 1. The van der Waals surface area contributed by atoms with Gasteiger partial charge in [0.1, 0.15) is 9.88 Å². The van der Waals surface area contributed by atoms with E-state index in [1.165, 1.54) is 30.6 Å². The Morgan fingerprint density at radius 2 is 2.08 bits per heavy atom. The molecule has 1 aromatic rings. The van der Waals surface area contributed by atoms with E-state index in [9.17, 15) is 4.79 Å². The number of nitrogens with one attached hydrogen (secondary N) is 2. The fourth-order valence-electron chi connectivity index (χ4n) is 2.21. The number of nitrogens with zero attached hydrogens (tertiary/aromatic N) is 2. The largest absolute Gasteiger partial charge is 0.462 e. The first-order valence-electron chi connectivity index (χ1n) is 8.65. The van der Waals surface area contributed by atoms with Gasteiger partial charge in [-0.05, 0) is 27.2 Å². The maximum Gasteiger partial charge on any atom is 0.350 e. The molecule has 0 aromatic carbocycles. The van der Waals surface area contributed by atoms with Gasteiger partial charge in [0.25, 0.3) is 0 Å². The smallest absolute Gasteiger partial charge is 0.350 e. The Kier molecular flexibility index (Phi) is 9.37. The van der Waals surface area contributed by atoms with Gasteiger partial charge in [0.2, 0.25) is 0 Å². The van der Waals surface area contributed by atoms with Crippen molar-refractivity contribution in [3.63, 3.8) is 0 Å². The van der Waals surface area contributed by atoms with Crippen molar-refractivity contribution in [2.75, 3.05) is 20.2 Å². The zero-order valence-electron chi connectivity index (χ0n) is 15.4. The maximum atomic E-state index is 11.9. The van der Waals surface area contributed by atoms with Gasteiger partial charge in [-0.2, -0.15) is 0 Å². The summed E-state index contributed by atoms with van der Waals surface area (Å²) in [6, 6.07) is -0.0290. The van der Waals surface area contributed by atoms with Crippen molar-refractivity contribution in [2.24, 2.45) is 4.99 Å². The van der Waals surface area contributed by atoms with Crippen LogP contribution in [-0.2, 0) is 4.74 Å². The Morgan fingerprint density at radius 3 is 2.71 bits per heavy atom. The van der Waals surface area contributed by atoms with Gasteiger partial charge >= 0.3 is 5.97 Å². The summed E-state index contributed by atoms with van der Waals surface area (Å²) in [6.07, 6.45) is 4.85. The number of aliphatic imine (C=N–C) groups is 1. The number of unbranched alkanes of at least 4 members (excludes halogenated alkanes) is 3. The number of carbonyl (C=O) groups excluding carboxylic acids is 1. The Balaban J connectivity index is 2.58. The molecule has 7 heteroatoms. The van der Waals surface area contributed by atoms with E-state index in [1.807, 2.05) is 13.8 Å². The summed E-state index contributed by atoms with van der Waals surface area (Å²) in [6.45, 7) is 9.12. The zero-order chi connectivity index (χ0) is 17.9. The van der Waals surface area contributed by atoms with Crippen molar-refractivity contribution in [1.82, 2.24) is 15.6 Å². The van der Waals surface area contributed by atoms with Crippen LogP contribution in [0.2, 0.25) is 0 Å². The van der Waals surface area contributed by atoms with E-state index >= 15 is 0 Å². The number of thiazole rings is 1. The molecule has 136 valence electrons. The van der Waals surface area contributed by atoms with Crippen molar-refractivity contribution < 1.29 is 9.53 Å². The van der Waals surface area contributed by atoms with E-state index in [1.54, 1.807) is 14.0 Å². The molecule has 24 heavy (non-hydrogen) atoms. The highest BCUT2D eigenvalue weighted by molar-refractivity contribution is 7.13. The van der Waals surface area contributed by atoms with Crippen LogP contribution in [0.15, 0.2) is 4.99 Å². The highest BCUT2D eigenvalue weighted by Crippen LogP contribution is 2.24. The molecular formula is C17H30N4O2S. The molecule has 1 unspecified atom stereocenters. The fourth-order valence-corrected chi connectivity index (χ4v) is 3.17. The molecule has 0 amide bonds. The molecule has 1 aromatic heterocycles. The van der Waals surface area contributed by atoms with Crippen LogP contribution in [0.5, 0.6) is 0 Å². The number of hydrogen-bond donors (Lipinski definition) is 2. The second-order valence-corrected chi connectivity index (χ2v) is 6.64. The van der Waals surface area contributed by atoms with Crippen LogP contribution in [-0.4, -0.2) is 37.1 Å². The fraction of sp³-hybridized carbons (Fsp3) is 0.706. The first-order valence-corrected chi connectivity index (χ1v) is 9.46. The minimum atomic E-state index is -0.301. The number of ether oxygens (including phenoxy) is 1. The molecule has 6 nitrogen and oxygen atoms in total. The van der Waals surface area contributed by atoms with Gasteiger partial charge in [-0.1, -0.05) is 26.2 Å². The van der Waals surface area contributed by atoms with Crippen LogP contribution >= 0.6 is 11.3 Å². The summed E-state index contributed by atoms with van der Waals surface area (Å²) in [5, 5.41) is 7.49. The van der Waals surface area contributed by atoms with E-state index in [0.29, 0.717) is 17.2 Å². The van der Waals surface area contributed by atoms with E-state index in [2.05, 4.69) is 27.5 Å². The average molecular weight is 355 g/mol. The van der Waals surface area contributed by atoms with Crippen molar-refractivity contribution in [3.05, 3.63) is 15.6 Å². The second-order valence-electron chi connectivity index (χ2n) is 5.61. The number of carbonyl (C=O) groups is 1. The predicted molar refractivity (Wildman–Crippen MR) is 99.9 cm³/mol.